The molecule has 0 atom stereocenters. The summed E-state index contributed by atoms with van der Waals surface area (Å²) in [6.45, 7) is 0. The summed E-state index contributed by atoms with van der Waals surface area (Å²) in [6.07, 6.45) is 8.37. The van der Waals surface area contributed by atoms with Crippen LogP contribution in [-0.2, 0) is 0 Å². The minimum Gasteiger partial charge on any atom is -0.381 e. The van der Waals surface area contributed by atoms with Crippen LogP contribution in [-0.4, -0.2) is 24.0 Å². The monoisotopic (exact) mass is 295 g/mol. The molecule has 0 spiro atoms. The van der Waals surface area contributed by atoms with E-state index in [2.05, 4.69) is 10.3 Å². The summed E-state index contributed by atoms with van der Waals surface area (Å²) < 4.78 is 0. The number of hydrogen-bond acceptors (Lipinski definition) is 3. The lowest BCUT2D eigenvalue weighted by Crippen LogP contribution is -2.26. The molecule has 4 heteroatoms. The lowest BCUT2D eigenvalue weighted by atomic mass is 10.2. The first-order chi connectivity index (χ1) is 10.7. The maximum absolute atomic E-state index is 12.6. The Labute approximate surface area is 131 Å². The molecular formula is C18H21N3O. The van der Waals surface area contributed by atoms with Gasteiger partial charge in [-0.2, -0.15) is 0 Å². The van der Waals surface area contributed by atoms with E-state index in [1.807, 2.05) is 36.4 Å². The molecule has 0 unspecified atom stereocenters. The first-order valence-corrected chi connectivity index (χ1v) is 7.79. The zero-order chi connectivity index (χ0) is 15.4. The Kier molecular flexibility index (Phi) is 4.37. The average molecular weight is 295 g/mol. The second-order valence-corrected chi connectivity index (χ2v) is 5.79. The SMILES string of the molecule is CN(C(=O)c1cncc(NC2CCCC2)c1)c1ccccc1. The van der Waals surface area contributed by atoms with Gasteiger partial charge in [0.15, 0.2) is 0 Å². The van der Waals surface area contributed by atoms with Gasteiger partial charge in [-0.3, -0.25) is 9.78 Å². The molecule has 114 valence electrons. The Morgan fingerprint density at radius 3 is 2.64 bits per heavy atom. The van der Waals surface area contributed by atoms with Crippen LogP contribution in [0.2, 0.25) is 0 Å². The standard InChI is InChI=1S/C18H21N3O/c1-21(17-9-3-2-4-10-17)18(22)14-11-16(13-19-12-14)20-15-7-5-6-8-15/h2-4,9-13,15,20H,5-8H2,1H3. The first-order valence-electron chi connectivity index (χ1n) is 7.79. The molecule has 1 heterocycles. The maximum Gasteiger partial charge on any atom is 0.259 e. The molecule has 4 nitrogen and oxygen atoms in total. The number of benzene rings is 1. The highest BCUT2D eigenvalue weighted by atomic mass is 16.2. The summed E-state index contributed by atoms with van der Waals surface area (Å²) in [7, 11) is 1.79. The summed E-state index contributed by atoms with van der Waals surface area (Å²) in [5.41, 5.74) is 2.41. The van der Waals surface area contributed by atoms with Crippen molar-refractivity contribution in [2.45, 2.75) is 31.7 Å². The Morgan fingerprint density at radius 1 is 1.18 bits per heavy atom. The van der Waals surface area contributed by atoms with Gasteiger partial charge in [-0.1, -0.05) is 31.0 Å². The molecule has 0 aliphatic heterocycles. The van der Waals surface area contributed by atoms with Gasteiger partial charge in [0.2, 0.25) is 0 Å². The van der Waals surface area contributed by atoms with Crippen LogP contribution in [0, 0.1) is 0 Å². The van der Waals surface area contributed by atoms with Gasteiger partial charge in [0.05, 0.1) is 11.3 Å². The van der Waals surface area contributed by atoms with E-state index in [1.54, 1.807) is 24.3 Å². The Morgan fingerprint density at radius 2 is 1.91 bits per heavy atom. The van der Waals surface area contributed by atoms with E-state index in [9.17, 15) is 4.79 Å². The fraction of sp³-hybridized carbons (Fsp3) is 0.333. The summed E-state index contributed by atoms with van der Waals surface area (Å²) in [4.78, 5) is 18.5. The molecule has 1 saturated carbocycles. The molecule has 3 rings (SSSR count). The van der Waals surface area contributed by atoms with Crippen LogP contribution in [0.15, 0.2) is 48.8 Å². The van der Waals surface area contributed by atoms with Crippen LogP contribution in [0.4, 0.5) is 11.4 Å². The minimum absolute atomic E-state index is 0.0474. The lowest BCUT2D eigenvalue weighted by molar-refractivity contribution is 0.0992. The molecule has 22 heavy (non-hydrogen) atoms. The fourth-order valence-electron chi connectivity index (χ4n) is 2.90. The molecular weight excluding hydrogens is 274 g/mol. The van der Waals surface area contributed by atoms with Crippen molar-refractivity contribution < 1.29 is 4.79 Å². The number of carbonyl (C=O) groups excluding carboxylic acids is 1. The summed E-state index contributed by atoms with van der Waals surface area (Å²) in [6, 6.07) is 12.0. The average Bonchev–Trinajstić information content (AvgIpc) is 3.07. The zero-order valence-corrected chi connectivity index (χ0v) is 12.8. The molecule has 2 aromatic rings. The number of pyridine rings is 1. The smallest absolute Gasteiger partial charge is 0.259 e. The van der Waals surface area contributed by atoms with Gasteiger partial charge in [0, 0.05) is 31.2 Å². The quantitative estimate of drug-likeness (QED) is 0.935. The second-order valence-electron chi connectivity index (χ2n) is 5.79. The summed E-state index contributed by atoms with van der Waals surface area (Å²) in [5, 5.41) is 3.48. The van der Waals surface area contributed by atoms with Crippen molar-refractivity contribution in [2.75, 3.05) is 17.3 Å². The minimum atomic E-state index is -0.0474. The van der Waals surface area contributed by atoms with Gasteiger partial charge in [-0.05, 0) is 31.0 Å². The second kappa shape index (κ2) is 6.60. The summed E-state index contributed by atoms with van der Waals surface area (Å²) in [5.74, 6) is -0.0474. The van der Waals surface area contributed by atoms with E-state index in [4.69, 9.17) is 0 Å². The maximum atomic E-state index is 12.6. The largest absolute Gasteiger partial charge is 0.381 e. The first kappa shape index (κ1) is 14.6. The molecule has 1 aromatic heterocycles. The summed E-state index contributed by atoms with van der Waals surface area (Å²) >= 11 is 0. The van der Waals surface area contributed by atoms with E-state index < -0.39 is 0 Å². The number of nitrogens with one attached hydrogen (secondary N) is 1. The van der Waals surface area contributed by atoms with Gasteiger partial charge >= 0.3 is 0 Å². The van der Waals surface area contributed by atoms with Crippen molar-refractivity contribution in [1.29, 1.82) is 0 Å². The van der Waals surface area contributed by atoms with E-state index in [0.717, 1.165) is 11.4 Å². The third-order valence-electron chi connectivity index (χ3n) is 4.16. The number of nitrogens with zero attached hydrogens (tertiary/aromatic N) is 2. The number of para-hydroxylation sites is 1. The van der Waals surface area contributed by atoms with E-state index >= 15 is 0 Å². The Bertz CT molecular complexity index is 636. The van der Waals surface area contributed by atoms with Gasteiger partial charge in [-0.25, -0.2) is 0 Å². The number of aromatic nitrogens is 1. The van der Waals surface area contributed by atoms with Crippen LogP contribution < -0.4 is 10.2 Å². The molecule has 0 radical (unpaired) electrons. The predicted molar refractivity (Wildman–Crippen MR) is 89.3 cm³/mol. The highest BCUT2D eigenvalue weighted by Crippen LogP contribution is 2.23. The van der Waals surface area contributed by atoms with E-state index in [0.29, 0.717) is 11.6 Å². The molecule has 1 fully saturated rings. The molecule has 1 aromatic carbocycles. The van der Waals surface area contributed by atoms with Crippen molar-refractivity contribution in [3.8, 4) is 0 Å². The molecule has 0 saturated heterocycles. The Hall–Kier alpha value is -2.36. The Balaban J connectivity index is 1.74. The van der Waals surface area contributed by atoms with Gasteiger partial charge in [0.25, 0.3) is 5.91 Å². The zero-order valence-electron chi connectivity index (χ0n) is 12.8. The highest BCUT2D eigenvalue weighted by Gasteiger charge is 2.17. The van der Waals surface area contributed by atoms with Gasteiger partial charge < -0.3 is 10.2 Å². The van der Waals surface area contributed by atoms with Crippen LogP contribution >= 0.6 is 0 Å². The predicted octanol–water partition coefficient (Wildman–Crippen LogP) is 3.71. The third kappa shape index (κ3) is 3.27. The van der Waals surface area contributed by atoms with Crippen molar-refractivity contribution in [2.24, 2.45) is 0 Å². The van der Waals surface area contributed by atoms with Gasteiger partial charge in [-0.15, -0.1) is 0 Å². The van der Waals surface area contributed by atoms with Crippen molar-refractivity contribution in [3.63, 3.8) is 0 Å². The van der Waals surface area contributed by atoms with Gasteiger partial charge in [0.1, 0.15) is 0 Å². The molecule has 1 aliphatic rings. The number of anilines is 2. The van der Waals surface area contributed by atoms with Crippen LogP contribution in [0.25, 0.3) is 0 Å². The number of rotatable bonds is 4. The van der Waals surface area contributed by atoms with Crippen molar-refractivity contribution >= 4 is 17.3 Å². The fourth-order valence-corrected chi connectivity index (χ4v) is 2.90. The topological polar surface area (TPSA) is 45.2 Å². The molecule has 1 aliphatic carbocycles. The lowest BCUT2D eigenvalue weighted by Gasteiger charge is -2.18. The highest BCUT2D eigenvalue weighted by molar-refractivity contribution is 6.05. The van der Waals surface area contributed by atoms with Crippen molar-refractivity contribution in [1.82, 2.24) is 4.98 Å². The number of amides is 1. The molecule has 1 amide bonds. The van der Waals surface area contributed by atoms with Crippen molar-refractivity contribution in [3.05, 3.63) is 54.4 Å². The number of carbonyl (C=O) groups is 1. The van der Waals surface area contributed by atoms with Crippen LogP contribution in [0.5, 0.6) is 0 Å². The molecule has 0 bridgehead atoms. The van der Waals surface area contributed by atoms with E-state index in [1.165, 1.54) is 25.7 Å². The number of hydrogen-bond donors (Lipinski definition) is 1. The van der Waals surface area contributed by atoms with Crippen LogP contribution in [0.1, 0.15) is 36.0 Å². The molecule has 1 N–H and O–H groups in total. The van der Waals surface area contributed by atoms with E-state index in [-0.39, 0.29) is 5.91 Å². The van der Waals surface area contributed by atoms with Crippen LogP contribution in [0.3, 0.4) is 0 Å². The third-order valence-corrected chi connectivity index (χ3v) is 4.16. The normalized spacial score (nSPS) is 14.8.